The fourth-order valence-electron chi connectivity index (χ4n) is 3.31. The van der Waals surface area contributed by atoms with Crippen LogP contribution in [-0.2, 0) is 10.0 Å². The standard InChI is InChI=1S/C21H16ClN5O2S4/c1-10-14-8-11(22)2-7-16(14)31-17(10)15-9-30-20(26-15)18-19(23)27-21(32-18)25-12-3-5-13(6-4-12)33(24,28)29/h2-9H,23H2,1H3,(H,25,27)(H2,24,28,29). The Balaban J connectivity index is 1.42. The van der Waals surface area contributed by atoms with E-state index < -0.39 is 10.0 Å². The van der Waals surface area contributed by atoms with Gasteiger partial charge in [0.05, 0.1) is 15.5 Å². The van der Waals surface area contributed by atoms with E-state index in [0.29, 0.717) is 21.7 Å². The fraction of sp³-hybridized carbons (Fsp3) is 0.0476. The van der Waals surface area contributed by atoms with E-state index in [1.807, 2.05) is 23.6 Å². The molecule has 0 spiro atoms. The number of aromatic nitrogens is 2. The van der Waals surface area contributed by atoms with Gasteiger partial charge in [-0.05, 0) is 60.3 Å². The number of nitrogen functional groups attached to an aromatic ring is 1. The van der Waals surface area contributed by atoms with Crippen LogP contribution >= 0.6 is 45.6 Å². The zero-order valence-corrected chi connectivity index (χ0v) is 21.0. The zero-order valence-electron chi connectivity index (χ0n) is 17.0. The van der Waals surface area contributed by atoms with Gasteiger partial charge >= 0.3 is 0 Å². The summed E-state index contributed by atoms with van der Waals surface area (Å²) in [6.45, 7) is 2.08. The van der Waals surface area contributed by atoms with E-state index in [-0.39, 0.29) is 4.90 Å². The summed E-state index contributed by atoms with van der Waals surface area (Å²) in [5, 5.41) is 13.5. The molecule has 0 radical (unpaired) electrons. The van der Waals surface area contributed by atoms with Crippen LogP contribution in [0.1, 0.15) is 5.56 Å². The van der Waals surface area contributed by atoms with Crippen LogP contribution in [0.5, 0.6) is 0 Å². The van der Waals surface area contributed by atoms with Gasteiger partial charge in [0.1, 0.15) is 15.7 Å². The lowest BCUT2D eigenvalue weighted by atomic mass is 10.1. The number of halogens is 1. The van der Waals surface area contributed by atoms with Crippen LogP contribution in [0.3, 0.4) is 0 Å². The van der Waals surface area contributed by atoms with Crippen molar-refractivity contribution in [3.05, 3.63) is 58.4 Å². The lowest BCUT2D eigenvalue weighted by Crippen LogP contribution is -2.11. The number of nitrogens with zero attached hydrogens (tertiary/aromatic N) is 2. The highest BCUT2D eigenvalue weighted by molar-refractivity contribution is 7.89. The number of sulfonamides is 1. The maximum atomic E-state index is 11.4. The van der Waals surface area contributed by atoms with E-state index in [4.69, 9.17) is 27.5 Å². The Kier molecular flexibility index (Phi) is 5.63. The molecular weight excluding hydrogens is 518 g/mol. The van der Waals surface area contributed by atoms with E-state index >= 15 is 0 Å². The summed E-state index contributed by atoms with van der Waals surface area (Å²) in [5.74, 6) is 0.379. The third-order valence-electron chi connectivity index (χ3n) is 4.92. The van der Waals surface area contributed by atoms with Gasteiger partial charge in [0.2, 0.25) is 10.0 Å². The highest BCUT2D eigenvalue weighted by atomic mass is 35.5. The number of rotatable bonds is 5. The summed E-state index contributed by atoms with van der Waals surface area (Å²) in [5.41, 5.74) is 8.89. The molecule has 0 fully saturated rings. The lowest BCUT2D eigenvalue weighted by molar-refractivity contribution is 0.598. The summed E-state index contributed by atoms with van der Waals surface area (Å²) < 4.78 is 24.0. The largest absolute Gasteiger partial charge is 0.382 e. The van der Waals surface area contributed by atoms with Gasteiger partial charge < -0.3 is 11.1 Å². The van der Waals surface area contributed by atoms with Crippen molar-refractivity contribution in [1.29, 1.82) is 0 Å². The Bertz CT molecular complexity index is 1600. The quantitative estimate of drug-likeness (QED) is 0.251. The number of aryl methyl sites for hydroxylation is 1. The molecule has 0 saturated heterocycles. The summed E-state index contributed by atoms with van der Waals surface area (Å²) >= 11 is 10.7. The topological polar surface area (TPSA) is 124 Å². The van der Waals surface area contributed by atoms with Crippen molar-refractivity contribution in [2.24, 2.45) is 5.14 Å². The SMILES string of the molecule is Cc1c(-c2csc(-c3sc(Nc4ccc(S(N)(=O)=O)cc4)nc3N)n2)sc2ccc(Cl)cc12. The summed E-state index contributed by atoms with van der Waals surface area (Å²) in [6, 6.07) is 12.0. The number of thiazole rings is 2. The number of nitrogens with one attached hydrogen (secondary N) is 1. The predicted molar refractivity (Wildman–Crippen MR) is 139 cm³/mol. The van der Waals surface area contributed by atoms with Crippen LogP contribution in [0.4, 0.5) is 16.6 Å². The van der Waals surface area contributed by atoms with E-state index in [2.05, 4.69) is 17.2 Å². The average molecular weight is 534 g/mol. The smallest absolute Gasteiger partial charge is 0.238 e. The maximum absolute atomic E-state index is 11.4. The molecule has 7 nitrogen and oxygen atoms in total. The van der Waals surface area contributed by atoms with Gasteiger partial charge in [-0.25, -0.2) is 23.5 Å². The van der Waals surface area contributed by atoms with Crippen molar-refractivity contribution in [1.82, 2.24) is 9.97 Å². The number of fused-ring (bicyclic) bond motifs is 1. The first-order valence-corrected chi connectivity index (χ1v) is 13.9. The third-order valence-corrected chi connectivity index (χ3v) is 9.36. The molecule has 0 amide bonds. The Morgan fingerprint density at radius 3 is 2.52 bits per heavy atom. The van der Waals surface area contributed by atoms with Crippen LogP contribution in [0.2, 0.25) is 5.02 Å². The summed E-state index contributed by atoms with van der Waals surface area (Å²) in [6.07, 6.45) is 0. The van der Waals surface area contributed by atoms with Crippen LogP contribution in [0, 0.1) is 6.92 Å². The monoisotopic (exact) mass is 533 g/mol. The first kappa shape index (κ1) is 22.3. The number of thiophene rings is 1. The molecule has 0 bridgehead atoms. The van der Waals surface area contributed by atoms with Crippen molar-refractivity contribution >= 4 is 82.4 Å². The lowest BCUT2D eigenvalue weighted by Gasteiger charge is -2.03. The van der Waals surface area contributed by atoms with Crippen molar-refractivity contribution in [2.45, 2.75) is 11.8 Å². The molecule has 5 aromatic rings. The number of nitrogens with two attached hydrogens (primary N) is 2. The van der Waals surface area contributed by atoms with Crippen LogP contribution in [-0.4, -0.2) is 18.4 Å². The van der Waals surface area contributed by atoms with E-state index in [9.17, 15) is 8.42 Å². The van der Waals surface area contributed by atoms with Gasteiger partial charge in [-0.2, -0.15) is 0 Å². The molecule has 12 heteroatoms. The molecule has 0 aliphatic rings. The van der Waals surface area contributed by atoms with Crippen LogP contribution in [0.15, 0.2) is 52.7 Å². The summed E-state index contributed by atoms with van der Waals surface area (Å²) in [4.78, 5) is 11.1. The summed E-state index contributed by atoms with van der Waals surface area (Å²) in [7, 11) is -3.74. The molecule has 168 valence electrons. The van der Waals surface area contributed by atoms with Gasteiger partial charge in [0, 0.05) is 20.8 Å². The molecule has 33 heavy (non-hydrogen) atoms. The average Bonchev–Trinajstić information content (AvgIpc) is 3.46. The van der Waals surface area contributed by atoms with Crippen LogP contribution < -0.4 is 16.2 Å². The van der Waals surface area contributed by atoms with Gasteiger partial charge in [0.15, 0.2) is 5.13 Å². The minimum absolute atomic E-state index is 0.0431. The molecule has 3 heterocycles. The second kappa shape index (κ2) is 8.35. The molecule has 0 aliphatic heterocycles. The van der Waals surface area contributed by atoms with Crippen molar-refractivity contribution in [2.75, 3.05) is 11.1 Å². The molecule has 2 aromatic carbocycles. The van der Waals surface area contributed by atoms with Gasteiger partial charge in [0.25, 0.3) is 0 Å². The number of primary sulfonamides is 1. The molecule has 0 atom stereocenters. The number of benzene rings is 2. The van der Waals surface area contributed by atoms with E-state index in [1.54, 1.807) is 23.5 Å². The predicted octanol–water partition coefficient (Wildman–Crippen LogP) is 6.08. The second-order valence-electron chi connectivity index (χ2n) is 7.16. The minimum Gasteiger partial charge on any atom is -0.382 e. The normalized spacial score (nSPS) is 11.8. The Morgan fingerprint density at radius 2 is 1.79 bits per heavy atom. The first-order chi connectivity index (χ1) is 15.7. The molecule has 5 rings (SSSR count). The molecule has 0 aliphatic carbocycles. The molecule has 3 aromatic heterocycles. The third kappa shape index (κ3) is 4.35. The van der Waals surface area contributed by atoms with Gasteiger partial charge in [-0.3, -0.25) is 0 Å². The van der Waals surface area contributed by atoms with E-state index in [1.165, 1.54) is 39.5 Å². The molecule has 0 unspecified atom stereocenters. The highest BCUT2D eigenvalue weighted by Crippen LogP contribution is 2.43. The van der Waals surface area contributed by atoms with Crippen molar-refractivity contribution < 1.29 is 8.42 Å². The maximum Gasteiger partial charge on any atom is 0.238 e. The Hall–Kier alpha value is -2.54. The number of anilines is 3. The highest BCUT2D eigenvalue weighted by Gasteiger charge is 2.18. The van der Waals surface area contributed by atoms with E-state index in [0.717, 1.165) is 31.4 Å². The number of hydrogen-bond acceptors (Lipinski definition) is 9. The fourth-order valence-corrected chi connectivity index (χ4v) is 7.04. The second-order valence-corrected chi connectivity index (χ2v) is 12.1. The van der Waals surface area contributed by atoms with Gasteiger partial charge in [-0.15, -0.1) is 22.7 Å². The minimum atomic E-state index is -3.74. The molecule has 0 saturated carbocycles. The Morgan fingerprint density at radius 1 is 1.03 bits per heavy atom. The number of hydrogen-bond donors (Lipinski definition) is 3. The van der Waals surface area contributed by atoms with Crippen LogP contribution in [0.25, 0.3) is 30.5 Å². The zero-order chi connectivity index (χ0) is 23.3. The molecular formula is C21H16ClN5O2S4. The molecule has 5 N–H and O–H groups in total. The van der Waals surface area contributed by atoms with Gasteiger partial charge in [-0.1, -0.05) is 22.9 Å². The van der Waals surface area contributed by atoms with Crippen molar-refractivity contribution in [3.63, 3.8) is 0 Å². The first-order valence-electron chi connectivity index (χ1n) is 9.50. The Labute approximate surface area is 206 Å². The van der Waals surface area contributed by atoms with Crippen molar-refractivity contribution in [3.8, 4) is 20.5 Å².